The number of amides is 2. The van der Waals surface area contributed by atoms with Crippen LogP contribution in [0.25, 0.3) is 0 Å². The van der Waals surface area contributed by atoms with Gasteiger partial charge in [-0.25, -0.2) is 9.59 Å². The van der Waals surface area contributed by atoms with Crippen molar-refractivity contribution >= 4 is 23.8 Å². The molecule has 2 amide bonds. The molecule has 0 spiro atoms. The smallest absolute Gasteiger partial charge is 0.326 e. The molecule has 6 nitrogen and oxygen atoms in total. The Bertz CT molecular complexity index is 250. The number of carboxylic acids is 1. The lowest BCUT2D eigenvalue weighted by Gasteiger charge is -2.19. The number of thioether (sulfide) groups is 1. The Morgan fingerprint density at radius 3 is 2.41 bits per heavy atom. The molecule has 0 aliphatic rings. The summed E-state index contributed by atoms with van der Waals surface area (Å²) in [6, 6.07) is -1.54. The summed E-state index contributed by atoms with van der Waals surface area (Å²) < 4.78 is 0. The molecular formula is C10H20N2O4S. The van der Waals surface area contributed by atoms with Crippen molar-refractivity contribution in [1.29, 1.82) is 0 Å². The van der Waals surface area contributed by atoms with Crippen LogP contribution in [-0.2, 0) is 4.79 Å². The molecule has 2 atom stereocenters. The maximum Gasteiger partial charge on any atom is 0.326 e. The molecule has 0 radical (unpaired) electrons. The molecule has 0 aromatic heterocycles. The van der Waals surface area contributed by atoms with Crippen LogP contribution in [0.5, 0.6) is 0 Å². The SMILES string of the molecule is CCC(CSC)NC(=O)N[C@@H](CCO)C(=O)O. The van der Waals surface area contributed by atoms with Crippen molar-refractivity contribution in [3.8, 4) is 0 Å². The van der Waals surface area contributed by atoms with Gasteiger partial charge in [0.25, 0.3) is 0 Å². The van der Waals surface area contributed by atoms with E-state index in [4.69, 9.17) is 10.2 Å². The predicted octanol–water partition coefficient (Wildman–Crippen LogP) is 0.263. The van der Waals surface area contributed by atoms with Crippen LogP contribution >= 0.6 is 11.8 Å². The van der Waals surface area contributed by atoms with Crippen LogP contribution in [-0.4, -0.2) is 52.9 Å². The van der Waals surface area contributed by atoms with Crippen LogP contribution in [0.3, 0.4) is 0 Å². The molecule has 0 aromatic carbocycles. The number of urea groups is 1. The minimum Gasteiger partial charge on any atom is -0.480 e. The predicted molar refractivity (Wildman–Crippen MR) is 67.3 cm³/mol. The minimum absolute atomic E-state index is 0.00206. The lowest BCUT2D eigenvalue weighted by molar-refractivity contribution is -0.139. The van der Waals surface area contributed by atoms with Gasteiger partial charge in [-0.05, 0) is 12.7 Å². The zero-order valence-corrected chi connectivity index (χ0v) is 10.9. The highest BCUT2D eigenvalue weighted by Gasteiger charge is 2.20. The quantitative estimate of drug-likeness (QED) is 0.504. The standard InChI is InChI=1S/C10H20N2O4S/c1-3-7(6-17-2)11-10(16)12-8(4-5-13)9(14)15/h7-8,13H,3-6H2,1-2H3,(H,14,15)(H2,11,12,16)/t7?,8-/m0/s1. The normalized spacial score (nSPS) is 13.8. The first-order valence-electron chi connectivity index (χ1n) is 5.44. The van der Waals surface area contributed by atoms with E-state index in [1.54, 1.807) is 11.8 Å². The minimum atomic E-state index is -1.15. The molecule has 0 heterocycles. The van der Waals surface area contributed by atoms with Gasteiger partial charge < -0.3 is 20.8 Å². The van der Waals surface area contributed by atoms with Crippen LogP contribution in [0.4, 0.5) is 4.79 Å². The maximum atomic E-state index is 11.5. The summed E-state index contributed by atoms with van der Waals surface area (Å²) in [6.45, 7) is 1.67. The molecule has 0 saturated heterocycles. The number of aliphatic hydroxyl groups is 1. The lowest BCUT2D eigenvalue weighted by Crippen LogP contribution is -2.49. The van der Waals surface area contributed by atoms with E-state index in [0.29, 0.717) is 0 Å². The third kappa shape index (κ3) is 7.06. The first-order valence-corrected chi connectivity index (χ1v) is 6.84. The van der Waals surface area contributed by atoms with Crippen LogP contribution < -0.4 is 10.6 Å². The second-order valence-electron chi connectivity index (χ2n) is 3.58. The Morgan fingerprint density at radius 1 is 1.35 bits per heavy atom. The number of rotatable bonds is 8. The fraction of sp³-hybridized carbons (Fsp3) is 0.800. The van der Waals surface area contributed by atoms with Crippen LogP contribution in [0.15, 0.2) is 0 Å². The van der Waals surface area contributed by atoms with Crippen molar-refractivity contribution in [3.05, 3.63) is 0 Å². The first-order chi connectivity index (χ1) is 8.04. The summed E-state index contributed by atoms with van der Waals surface area (Å²) in [4.78, 5) is 22.2. The fourth-order valence-corrected chi connectivity index (χ4v) is 1.96. The number of aliphatic hydroxyl groups excluding tert-OH is 1. The Kier molecular flexibility index (Phi) is 8.61. The van der Waals surface area contributed by atoms with Gasteiger partial charge in [-0.1, -0.05) is 6.92 Å². The molecule has 17 heavy (non-hydrogen) atoms. The maximum absolute atomic E-state index is 11.5. The molecule has 0 bridgehead atoms. The Hall–Kier alpha value is -0.950. The largest absolute Gasteiger partial charge is 0.480 e. The van der Waals surface area contributed by atoms with Gasteiger partial charge >= 0.3 is 12.0 Å². The molecule has 100 valence electrons. The van der Waals surface area contributed by atoms with Crippen LogP contribution in [0, 0.1) is 0 Å². The first kappa shape index (κ1) is 16.1. The van der Waals surface area contributed by atoms with E-state index >= 15 is 0 Å². The molecule has 0 aliphatic carbocycles. The highest BCUT2D eigenvalue weighted by molar-refractivity contribution is 7.98. The fourth-order valence-electron chi connectivity index (χ4n) is 1.23. The van der Waals surface area contributed by atoms with Crippen molar-refractivity contribution in [2.75, 3.05) is 18.6 Å². The van der Waals surface area contributed by atoms with Gasteiger partial charge in [0.1, 0.15) is 6.04 Å². The molecule has 0 fully saturated rings. The highest BCUT2D eigenvalue weighted by Crippen LogP contribution is 2.01. The van der Waals surface area contributed by atoms with E-state index in [2.05, 4.69) is 10.6 Å². The van der Waals surface area contributed by atoms with Crippen molar-refractivity contribution in [2.24, 2.45) is 0 Å². The number of hydrogen-bond donors (Lipinski definition) is 4. The van der Waals surface area contributed by atoms with E-state index in [-0.39, 0.29) is 19.1 Å². The molecule has 1 unspecified atom stereocenters. The van der Waals surface area contributed by atoms with E-state index in [0.717, 1.165) is 12.2 Å². The van der Waals surface area contributed by atoms with Crippen molar-refractivity contribution < 1.29 is 19.8 Å². The molecular weight excluding hydrogens is 244 g/mol. The van der Waals surface area contributed by atoms with Crippen LogP contribution in [0.2, 0.25) is 0 Å². The topological polar surface area (TPSA) is 98.7 Å². The summed E-state index contributed by atoms with van der Waals surface area (Å²) in [7, 11) is 0. The molecule has 0 aliphatic heterocycles. The number of aliphatic carboxylic acids is 1. The van der Waals surface area contributed by atoms with E-state index < -0.39 is 18.0 Å². The van der Waals surface area contributed by atoms with Gasteiger partial charge in [-0.15, -0.1) is 0 Å². The summed E-state index contributed by atoms with van der Waals surface area (Å²) in [5.74, 6) is -0.367. The summed E-state index contributed by atoms with van der Waals surface area (Å²) >= 11 is 1.61. The molecule has 0 saturated carbocycles. The van der Waals surface area contributed by atoms with E-state index in [9.17, 15) is 9.59 Å². The molecule has 7 heteroatoms. The molecule has 0 rings (SSSR count). The zero-order chi connectivity index (χ0) is 13.3. The van der Waals surface area contributed by atoms with E-state index in [1.807, 2.05) is 13.2 Å². The number of nitrogens with one attached hydrogen (secondary N) is 2. The number of hydrogen-bond acceptors (Lipinski definition) is 4. The molecule has 0 aromatic rings. The van der Waals surface area contributed by atoms with Crippen molar-refractivity contribution in [2.45, 2.75) is 31.8 Å². The number of carbonyl (C=O) groups excluding carboxylic acids is 1. The van der Waals surface area contributed by atoms with Gasteiger partial charge in [0.05, 0.1) is 0 Å². The van der Waals surface area contributed by atoms with Gasteiger partial charge in [-0.2, -0.15) is 11.8 Å². The van der Waals surface area contributed by atoms with Gasteiger partial charge in [0.15, 0.2) is 0 Å². The Balaban J connectivity index is 4.16. The Labute approximate surface area is 105 Å². The number of carboxylic acid groups (broad SMARTS) is 1. The summed E-state index contributed by atoms with van der Waals surface area (Å²) in [5, 5.41) is 22.5. The third-order valence-electron chi connectivity index (χ3n) is 2.22. The van der Waals surface area contributed by atoms with Crippen molar-refractivity contribution in [3.63, 3.8) is 0 Å². The molecule has 4 N–H and O–H groups in total. The second-order valence-corrected chi connectivity index (χ2v) is 4.49. The highest BCUT2D eigenvalue weighted by atomic mass is 32.2. The lowest BCUT2D eigenvalue weighted by atomic mass is 10.2. The third-order valence-corrected chi connectivity index (χ3v) is 2.95. The van der Waals surface area contributed by atoms with Gasteiger partial charge in [-0.3, -0.25) is 0 Å². The average Bonchev–Trinajstić information content (AvgIpc) is 2.27. The van der Waals surface area contributed by atoms with E-state index in [1.165, 1.54) is 0 Å². The number of carbonyl (C=O) groups is 2. The summed E-state index contributed by atoms with van der Waals surface area (Å²) in [5.41, 5.74) is 0. The van der Waals surface area contributed by atoms with Crippen LogP contribution in [0.1, 0.15) is 19.8 Å². The monoisotopic (exact) mass is 264 g/mol. The average molecular weight is 264 g/mol. The zero-order valence-electron chi connectivity index (χ0n) is 10.1. The summed E-state index contributed by atoms with van der Waals surface area (Å²) in [6.07, 6.45) is 2.72. The van der Waals surface area contributed by atoms with Gasteiger partial charge in [0.2, 0.25) is 0 Å². The Morgan fingerprint density at radius 2 is 2.00 bits per heavy atom. The van der Waals surface area contributed by atoms with Gasteiger partial charge in [0, 0.05) is 24.8 Å². The van der Waals surface area contributed by atoms with Crippen molar-refractivity contribution in [1.82, 2.24) is 10.6 Å². The second kappa shape index (κ2) is 9.12.